The third-order valence-corrected chi connectivity index (χ3v) is 4.65. The van der Waals surface area contributed by atoms with Gasteiger partial charge in [-0.2, -0.15) is 0 Å². The first-order valence-corrected chi connectivity index (χ1v) is 8.86. The lowest BCUT2D eigenvalue weighted by Gasteiger charge is -2.32. The van der Waals surface area contributed by atoms with Crippen LogP contribution in [0.3, 0.4) is 0 Å². The highest BCUT2D eigenvalue weighted by atomic mass is 16.5. The number of carbonyl (C=O) groups excluding carboxylic acids is 2. The first kappa shape index (κ1) is 17.7. The highest BCUT2D eigenvalue weighted by Gasteiger charge is 2.29. The van der Waals surface area contributed by atoms with E-state index in [1.165, 1.54) is 0 Å². The highest BCUT2D eigenvalue weighted by Crippen LogP contribution is 2.29. The largest absolute Gasteiger partial charge is 0.478 e. The number of piperazine rings is 1. The minimum atomic E-state index is -0.771. The first-order valence-electron chi connectivity index (χ1n) is 8.86. The first-order chi connectivity index (χ1) is 12.1. The zero-order valence-electron chi connectivity index (χ0n) is 14.7. The van der Waals surface area contributed by atoms with Crippen molar-refractivity contribution in [2.24, 2.45) is 0 Å². The molecule has 3 rings (SSSR count). The molecule has 25 heavy (non-hydrogen) atoms. The average Bonchev–Trinajstić information content (AvgIpc) is 2.61. The van der Waals surface area contributed by atoms with Crippen LogP contribution in [0.1, 0.15) is 12.8 Å². The third-order valence-electron chi connectivity index (χ3n) is 4.65. The topological polar surface area (TPSA) is 73.9 Å². The maximum atomic E-state index is 12.1. The molecule has 1 unspecified atom stereocenters. The quantitative estimate of drug-likeness (QED) is 0.735. The van der Waals surface area contributed by atoms with Crippen LogP contribution >= 0.6 is 0 Å². The fourth-order valence-corrected chi connectivity index (χ4v) is 3.07. The van der Waals surface area contributed by atoms with Crippen LogP contribution in [-0.4, -0.2) is 74.0 Å². The minimum absolute atomic E-state index is 0.0364. The molecule has 1 aromatic rings. The van der Waals surface area contributed by atoms with Gasteiger partial charge in [0.15, 0.2) is 6.10 Å². The van der Waals surface area contributed by atoms with Crippen molar-refractivity contribution in [1.29, 1.82) is 0 Å². The molecule has 2 aliphatic rings. The summed E-state index contributed by atoms with van der Waals surface area (Å²) in [7, 11) is 2.14. The van der Waals surface area contributed by atoms with Crippen LogP contribution in [0.2, 0.25) is 0 Å². The highest BCUT2D eigenvalue weighted by molar-refractivity contribution is 5.99. The molecule has 2 N–H and O–H groups in total. The number of likely N-dealkylation sites (N-methyl/N-ethyl adjacent to an activating group) is 1. The van der Waals surface area contributed by atoms with E-state index >= 15 is 0 Å². The van der Waals surface area contributed by atoms with E-state index in [-0.39, 0.29) is 18.2 Å². The van der Waals surface area contributed by atoms with Gasteiger partial charge in [-0.15, -0.1) is 0 Å². The predicted molar refractivity (Wildman–Crippen MR) is 95.7 cm³/mol. The Morgan fingerprint density at radius 1 is 1.28 bits per heavy atom. The van der Waals surface area contributed by atoms with Gasteiger partial charge in [0.25, 0.3) is 5.91 Å². The molecule has 7 heteroatoms. The van der Waals surface area contributed by atoms with Crippen molar-refractivity contribution < 1.29 is 14.3 Å². The van der Waals surface area contributed by atoms with E-state index in [0.29, 0.717) is 18.0 Å². The van der Waals surface area contributed by atoms with Crippen molar-refractivity contribution in [3.63, 3.8) is 0 Å². The molecule has 0 aromatic heterocycles. The van der Waals surface area contributed by atoms with Crippen molar-refractivity contribution in [2.75, 3.05) is 51.6 Å². The molecule has 2 aliphatic heterocycles. The molecule has 2 heterocycles. The van der Waals surface area contributed by atoms with Gasteiger partial charge in [-0.3, -0.25) is 9.59 Å². The second kappa shape index (κ2) is 8.31. The van der Waals surface area contributed by atoms with Gasteiger partial charge >= 0.3 is 0 Å². The molecule has 0 saturated carbocycles. The summed E-state index contributed by atoms with van der Waals surface area (Å²) in [5.41, 5.74) is 0.649. The lowest BCUT2D eigenvalue weighted by atomic mass is 10.1. The lowest BCUT2D eigenvalue weighted by Crippen LogP contribution is -2.45. The predicted octanol–water partition coefficient (Wildman–Crippen LogP) is 0.530. The van der Waals surface area contributed by atoms with Gasteiger partial charge in [-0.1, -0.05) is 12.1 Å². The van der Waals surface area contributed by atoms with Crippen molar-refractivity contribution in [1.82, 2.24) is 15.1 Å². The number of rotatable bonds is 6. The van der Waals surface area contributed by atoms with Crippen LogP contribution in [0.4, 0.5) is 5.69 Å². The molecule has 1 atom stereocenters. The van der Waals surface area contributed by atoms with E-state index in [9.17, 15) is 9.59 Å². The fraction of sp³-hybridized carbons (Fsp3) is 0.556. The Kier molecular flexibility index (Phi) is 5.88. The average molecular weight is 346 g/mol. The molecule has 0 spiro atoms. The van der Waals surface area contributed by atoms with Crippen LogP contribution in [0.25, 0.3) is 0 Å². The number of carbonyl (C=O) groups is 2. The van der Waals surface area contributed by atoms with Gasteiger partial charge < -0.3 is 25.2 Å². The molecule has 0 radical (unpaired) electrons. The SMILES string of the molecule is CN1CCN(CCCNC(=O)CC2Oc3ccccc3NC2=O)CC1. The standard InChI is InChI=1S/C18H26N4O3/c1-21-9-11-22(12-10-21)8-4-7-19-17(23)13-16-18(24)20-14-5-2-3-6-15(14)25-16/h2-3,5-6,16H,4,7-13H2,1H3,(H,19,23)(H,20,24). The molecule has 0 aliphatic carbocycles. The summed E-state index contributed by atoms with van der Waals surface area (Å²) >= 11 is 0. The Bertz CT molecular complexity index is 614. The molecule has 2 amide bonds. The Balaban J connectivity index is 1.36. The molecule has 7 nitrogen and oxygen atoms in total. The summed E-state index contributed by atoms with van der Waals surface area (Å²) < 4.78 is 5.64. The van der Waals surface area contributed by atoms with Gasteiger partial charge in [0.1, 0.15) is 5.75 Å². The maximum Gasteiger partial charge on any atom is 0.266 e. The van der Waals surface area contributed by atoms with Crippen molar-refractivity contribution in [2.45, 2.75) is 18.9 Å². The summed E-state index contributed by atoms with van der Waals surface area (Å²) in [6.45, 7) is 5.97. The maximum absolute atomic E-state index is 12.1. The van der Waals surface area contributed by atoms with Gasteiger partial charge in [-0.05, 0) is 32.1 Å². The zero-order chi connectivity index (χ0) is 17.6. The number of hydrogen-bond donors (Lipinski definition) is 2. The molecule has 0 bridgehead atoms. The van der Waals surface area contributed by atoms with Crippen molar-refractivity contribution in [3.8, 4) is 5.75 Å². The fourth-order valence-electron chi connectivity index (χ4n) is 3.07. The van der Waals surface area contributed by atoms with E-state index in [0.717, 1.165) is 39.1 Å². The van der Waals surface area contributed by atoms with Crippen LogP contribution in [0.5, 0.6) is 5.75 Å². The monoisotopic (exact) mass is 346 g/mol. The number of amides is 2. The zero-order valence-corrected chi connectivity index (χ0v) is 14.7. The second-order valence-corrected chi connectivity index (χ2v) is 6.64. The van der Waals surface area contributed by atoms with E-state index in [1.54, 1.807) is 12.1 Å². The Labute approximate surface area is 148 Å². The van der Waals surface area contributed by atoms with Crippen molar-refractivity contribution >= 4 is 17.5 Å². The van der Waals surface area contributed by atoms with Crippen molar-refractivity contribution in [3.05, 3.63) is 24.3 Å². The third kappa shape index (κ3) is 4.93. The molecular formula is C18H26N4O3. The van der Waals surface area contributed by atoms with Crippen LogP contribution < -0.4 is 15.4 Å². The van der Waals surface area contributed by atoms with Gasteiger partial charge in [0, 0.05) is 32.7 Å². The van der Waals surface area contributed by atoms with Gasteiger partial charge in [-0.25, -0.2) is 0 Å². The lowest BCUT2D eigenvalue weighted by molar-refractivity contribution is -0.130. The smallest absolute Gasteiger partial charge is 0.266 e. The van der Waals surface area contributed by atoms with E-state index in [1.807, 2.05) is 12.1 Å². The van der Waals surface area contributed by atoms with Crippen LogP contribution in [0.15, 0.2) is 24.3 Å². The number of ether oxygens (including phenoxy) is 1. The molecular weight excluding hydrogens is 320 g/mol. The number of fused-ring (bicyclic) bond motifs is 1. The number of benzene rings is 1. The van der Waals surface area contributed by atoms with Crippen LogP contribution in [0, 0.1) is 0 Å². The number of hydrogen-bond acceptors (Lipinski definition) is 5. The Hall–Kier alpha value is -2.12. The summed E-state index contributed by atoms with van der Waals surface area (Å²) in [5.74, 6) is 0.180. The Morgan fingerprint density at radius 3 is 2.84 bits per heavy atom. The summed E-state index contributed by atoms with van der Waals surface area (Å²) in [6.07, 6.45) is 0.178. The number of para-hydroxylation sites is 2. The minimum Gasteiger partial charge on any atom is -0.478 e. The second-order valence-electron chi connectivity index (χ2n) is 6.64. The van der Waals surface area contributed by atoms with Gasteiger partial charge in [0.2, 0.25) is 5.91 Å². The normalized spacial score (nSPS) is 21.2. The van der Waals surface area contributed by atoms with Gasteiger partial charge in [0.05, 0.1) is 12.1 Å². The molecule has 136 valence electrons. The van der Waals surface area contributed by atoms with E-state index < -0.39 is 6.10 Å². The Morgan fingerprint density at radius 2 is 2.04 bits per heavy atom. The molecule has 1 fully saturated rings. The summed E-state index contributed by atoms with van der Waals surface area (Å²) in [5, 5.41) is 5.66. The number of nitrogens with zero attached hydrogens (tertiary/aromatic N) is 2. The summed E-state index contributed by atoms with van der Waals surface area (Å²) in [4.78, 5) is 28.8. The van der Waals surface area contributed by atoms with Crippen LogP contribution in [-0.2, 0) is 9.59 Å². The molecule has 1 aromatic carbocycles. The van der Waals surface area contributed by atoms with E-state index in [4.69, 9.17) is 4.74 Å². The molecule has 1 saturated heterocycles. The number of nitrogens with one attached hydrogen (secondary N) is 2. The summed E-state index contributed by atoms with van der Waals surface area (Å²) in [6, 6.07) is 7.24. The van der Waals surface area contributed by atoms with E-state index in [2.05, 4.69) is 27.5 Å². The number of anilines is 1.